The van der Waals surface area contributed by atoms with E-state index in [0.717, 1.165) is 29.1 Å². The highest BCUT2D eigenvalue weighted by molar-refractivity contribution is 9.10. The zero-order valence-corrected chi connectivity index (χ0v) is 22.8. The molecule has 0 aliphatic rings. The Hall–Kier alpha value is -2.75. The molecule has 186 valence electrons. The van der Waals surface area contributed by atoms with Gasteiger partial charge >= 0.3 is 0 Å². The largest absolute Gasteiger partial charge is 0.322 e. The smallest absolute Gasteiger partial charge is 0.234 e. The summed E-state index contributed by atoms with van der Waals surface area (Å²) in [6, 6.07) is 17.1. The molecule has 1 amide bonds. The minimum absolute atomic E-state index is 0.00967. The number of amides is 1. The van der Waals surface area contributed by atoms with Gasteiger partial charge < -0.3 is 5.32 Å². The summed E-state index contributed by atoms with van der Waals surface area (Å²) >= 11 is 10.3. The summed E-state index contributed by atoms with van der Waals surface area (Å²) in [6.07, 6.45) is 0. The number of carbonyl (C=O) groups excluding carboxylic acids is 1. The average Bonchev–Trinajstić information content (AvgIpc) is 3.24. The molecule has 0 radical (unpaired) electrons. The van der Waals surface area contributed by atoms with E-state index in [2.05, 4.69) is 64.3 Å². The first-order valence-electron chi connectivity index (χ1n) is 10.9. The average molecular weight is 592 g/mol. The second-order valence-electron chi connectivity index (χ2n) is 9.03. The van der Waals surface area contributed by atoms with Gasteiger partial charge in [0.15, 0.2) is 16.8 Å². The maximum absolute atomic E-state index is 14.1. The van der Waals surface area contributed by atoms with E-state index in [9.17, 15) is 13.6 Å². The van der Waals surface area contributed by atoms with Crippen LogP contribution in [0.3, 0.4) is 0 Å². The van der Waals surface area contributed by atoms with E-state index in [1.165, 1.54) is 5.56 Å². The van der Waals surface area contributed by atoms with Crippen LogP contribution in [-0.4, -0.2) is 26.4 Å². The molecule has 1 heterocycles. The lowest BCUT2D eigenvalue weighted by atomic mass is 9.87. The van der Waals surface area contributed by atoms with Crippen molar-refractivity contribution in [3.8, 4) is 17.1 Å². The number of carbonyl (C=O) groups is 1. The molecule has 0 bridgehead atoms. The van der Waals surface area contributed by atoms with Gasteiger partial charge in [-0.3, -0.25) is 9.36 Å². The molecule has 36 heavy (non-hydrogen) atoms. The summed E-state index contributed by atoms with van der Waals surface area (Å²) < 4.78 is 29.4. The second kappa shape index (κ2) is 10.7. The highest BCUT2D eigenvalue weighted by Crippen LogP contribution is 2.31. The second-order valence-corrected chi connectivity index (χ2v) is 11.3. The Labute approximate surface area is 225 Å². The Morgan fingerprint density at radius 3 is 2.33 bits per heavy atom. The Morgan fingerprint density at radius 1 is 1.06 bits per heavy atom. The molecule has 1 aromatic heterocycles. The summed E-state index contributed by atoms with van der Waals surface area (Å²) in [4.78, 5) is 12.6. The normalized spacial score (nSPS) is 11.5. The molecule has 0 saturated carbocycles. The Balaban J connectivity index is 1.62. The topological polar surface area (TPSA) is 59.8 Å². The van der Waals surface area contributed by atoms with Gasteiger partial charge in [-0.25, -0.2) is 8.78 Å². The molecule has 0 aliphatic heterocycles. The SMILES string of the molecule is CC(C)(C)c1ccc(-c2nnc(SCC(=O)Nc3c(F)cc(F)cc3Br)n2-c2ccc(Cl)cc2)cc1. The fourth-order valence-electron chi connectivity index (χ4n) is 3.46. The van der Waals surface area contributed by atoms with Crippen molar-refractivity contribution in [3.63, 3.8) is 0 Å². The van der Waals surface area contributed by atoms with Crippen LogP contribution < -0.4 is 5.32 Å². The van der Waals surface area contributed by atoms with Crippen molar-refractivity contribution in [1.82, 2.24) is 14.8 Å². The summed E-state index contributed by atoms with van der Waals surface area (Å²) in [5.41, 5.74) is 2.71. The minimum Gasteiger partial charge on any atom is -0.322 e. The maximum atomic E-state index is 14.1. The maximum Gasteiger partial charge on any atom is 0.234 e. The van der Waals surface area contributed by atoms with Crippen LogP contribution in [0.25, 0.3) is 17.1 Å². The van der Waals surface area contributed by atoms with Crippen LogP contribution >= 0.6 is 39.3 Å². The Morgan fingerprint density at radius 2 is 1.72 bits per heavy atom. The highest BCUT2D eigenvalue weighted by atomic mass is 79.9. The van der Waals surface area contributed by atoms with E-state index in [-0.39, 0.29) is 21.3 Å². The van der Waals surface area contributed by atoms with Crippen LogP contribution in [0.4, 0.5) is 14.5 Å². The monoisotopic (exact) mass is 590 g/mol. The van der Waals surface area contributed by atoms with Crippen LogP contribution in [0.15, 0.2) is 70.3 Å². The number of nitrogens with one attached hydrogen (secondary N) is 1. The number of benzene rings is 3. The number of rotatable bonds is 6. The number of halogens is 4. The van der Waals surface area contributed by atoms with Crippen LogP contribution in [0.1, 0.15) is 26.3 Å². The molecule has 10 heteroatoms. The number of hydrogen-bond acceptors (Lipinski definition) is 4. The molecular formula is C26H22BrClF2N4OS. The molecule has 0 saturated heterocycles. The lowest BCUT2D eigenvalue weighted by Crippen LogP contribution is -2.16. The zero-order chi connectivity index (χ0) is 26.0. The van der Waals surface area contributed by atoms with E-state index in [0.29, 0.717) is 22.1 Å². The number of anilines is 1. The van der Waals surface area contributed by atoms with Gasteiger partial charge in [0.2, 0.25) is 5.91 Å². The number of thioether (sulfide) groups is 1. The van der Waals surface area contributed by atoms with Crippen molar-refractivity contribution in [2.45, 2.75) is 31.3 Å². The first kappa shape index (κ1) is 26.3. The molecule has 1 N–H and O–H groups in total. The van der Waals surface area contributed by atoms with Gasteiger partial charge in [-0.2, -0.15) is 0 Å². The highest BCUT2D eigenvalue weighted by Gasteiger charge is 2.20. The third-order valence-electron chi connectivity index (χ3n) is 5.33. The van der Waals surface area contributed by atoms with Crippen LogP contribution in [0, 0.1) is 11.6 Å². The van der Waals surface area contributed by atoms with Gasteiger partial charge in [0.25, 0.3) is 0 Å². The number of nitrogens with zero attached hydrogens (tertiary/aromatic N) is 3. The summed E-state index contributed by atoms with van der Waals surface area (Å²) in [5, 5.41) is 12.3. The molecule has 0 fully saturated rings. The van der Waals surface area contributed by atoms with Gasteiger partial charge in [0, 0.05) is 26.8 Å². The minimum atomic E-state index is -0.870. The molecule has 4 rings (SSSR count). The molecule has 0 unspecified atom stereocenters. The predicted octanol–water partition coefficient (Wildman–Crippen LogP) is 7.66. The summed E-state index contributed by atoms with van der Waals surface area (Å²) in [7, 11) is 0. The zero-order valence-electron chi connectivity index (χ0n) is 19.7. The lowest BCUT2D eigenvalue weighted by molar-refractivity contribution is -0.113. The Bertz CT molecular complexity index is 1380. The van der Waals surface area contributed by atoms with Gasteiger partial charge in [0.05, 0.1) is 11.4 Å². The molecular weight excluding hydrogens is 570 g/mol. The van der Waals surface area contributed by atoms with Gasteiger partial charge in [0.1, 0.15) is 5.82 Å². The van der Waals surface area contributed by atoms with Gasteiger partial charge in [-0.1, -0.05) is 68.4 Å². The quantitative estimate of drug-likeness (QED) is 0.234. The van der Waals surface area contributed by atoms with Crippen molar-refractivity contribution >= 4 is 50.9 Å². The van der Waals surface area contributed by atoms with E-state index < -0.39 is 17.5 Å². The molecule has 0 aliphatic carbocycles. The molecule has 5 nitrogen and oxygen atoms in total. The van der Waals surface area contributed by atoms with E-state index in [4.69, 9.17) is 11.6 Å². The van der Waals surface area contributed by atoms with Crippen LogP contribution in [-0.2, 0) is 10.2 Å². The number of aromatic nitrogens is 3. The standard InChI is InChI=1S/C26H22BrClF2N4OS/c1-26(2,3)16-6-4-15(5-7-16)24-32-33-25(34(24)19-10-8-17(28)9-11-19)36-14-22(35)31-23-20(27)12-18(29)13-21(23)30/h4-13H,14H2,1-3H3,(H,31,35). The van der Waals surface area contributed by atoms with E-state index in [1.807, 2.05) is 28.8 Å². The van der Waals surface area contributed by atoms with Crippen molar-refractivity contribution in [1.29, 1.82) is 0 Å². The molecule has 4 aromatic rings. The molecule has 0 atom stereocenters. The third kappa shape index (κ3) is 5.96. The first-order valence-corrected chi connectivity index (χ1v) is 13.1. The van der Waals surface area contributed by atoms with Crippen LogP contribution in [0.2, 0.25) is 5.02 Å². The van der Waals surface area contributed by atoms with E-state index >= 15 is 0 Å². The van der Waals surface area contributed by atoms with Gasteiger partial charge in [-0.05, 0) is 57.2 Å². The Kier molecular flexibility index (Phi) is 7.82. The van der Waals surface area contributed by atoms with Crippen molar-refractivity contribution in [2.24, 2.45) is 0 Å². The fourth-order valence-corrected chi connectivity index (χ4v) is 4.84. The molecule has 0 spiro atoms. The van der Waals surface area contributed by atoms with Crippen molar-refractivity contribution in [3.05, 3.63) is 87.4 Å². The summed E-state index contributed by atoms with van der Waals surface area (Å²) in [6.45, 7) is 6.44. The molecule has 3 aromatic carbocycles. The fraction of sp³-hybridized carbons (Fsp3) is 0.192. The van der Waals surface area contributed by atoms with E-state index in [1.54, 1.807) is 12.1 Å². The summed E-state index contributed by atoms with van der Waals surface area (Å²) in [5.74, 6) is -1.56. The van der Waals surface area contributed by atoms with Crippen LogP contribution in [0.5, 0.6) is 0 Å². The third-order valence-corrected chi connectivity index (χ3v) is 7.14. The first-order chi connectivity index (χ1) is 17.0. The number of hydrogen-bond donors (Lipinski definition) is 1. The predicted molar refractivity (Wildman–Crippen MR) is 144 cm³/mol. The van der Waals surface area contributed by atoms with Crippen molar-refractivity contribution in [2.75, 3.05) is 11.1 Å². The lowest BCUT2D eigenvalue weighted by Gasteiger charge is -2.19. The van der Waals surface area contributed by atoms with Crippen molar-refractivity contribution < 1.29 is 13.6 Å². The van der Waals surface area contributed by atoms with Gasteiger partial charge in [-0.15, -0.1) is 10.2 Å².